The Morgan fingerprint density at radius 2 is 0.859 bits per heavy atom. The number of likely N-dealkylation sites (N-methyl/N-ethyl adjacent to an activating group) is 1. The number of unbranched alkanes of at least 4 members (excludes halogenated alkanes) is 14. The predicted molar refractivity (Wildman–Crippen MR) is 275 cm³/mol. The molecule has 0 saturated carbocycles. The van der Waals surface area contributed by atoms with Gasteiger partial charge in [-0.15, -0.1) is 0 Å². The zero-order valence-corrected chi connectivity index (χ0v) is 44.7. The molecule has 1 saturated heterocycles. The van der Waals surface area contributed by atoms with Crippen LogP contribution in [0.4, 0.5) is 0 Å². The van der Waals surface area contributed by atoms with Gasteiger partial charge in [-0.1, -0.05) is 169 Å². The van der Waals surface area contributed by atoms with Crippen LogP contribution in [0.3, 0.4) is 0 Å². The van der Waals surface area contributed by atoms with Crippen molar-refractivity contribution in [3.05, 3.63) is 0 Å². The maximum absolute atomic E-state index is 12.9. The predicted octanol–water partition coefficient (Wildman–Crippen LogP) is 14.5. The van der Waals surface area contributed by atoms with E-state index >= 15 is 0 Å². The van der Waals surface area contributed by atoms with E-state index in [9.17, 15) is 14.4 Å². The van der Waals surface area contributed by atoms with Crippen LogP contribution >= 0.6 is 0 Å². The molecule has 1 rings (SSSR count). The Balaban J connectivity index is 0.00000346. The van der Waals surface area contributed by atoms with Crippen molar-refractivity contribution in [3.8, 4) is 0 Å². The maximum atomic E-state index is 12.9. The lowest BCUT2D eigenvalue weighted by molar-refractivity contribution is -0.155. The Morgan fingerprint density at radius 3 is 1.20 bits per heavy atom. The zero-order valence-electron chi connectivity index (χ0n) is 44.7. The molecule has 0 unspecified atom stereocenters. The summed E-state index contributed by atoms with van der Waals surface area (Å²) in [5, 5.41) is 0. The normalized spacial score (nSPS) is 14.0. The van der Waals surface area contributed by atoms with Gasteiger partial charge in [-0.25, -0.2) is 0 Å². The summed E-state index contributed by atoms with van der Waals surface area (Å²) in [4.78, 5) is 42.8. The molecule has 1 aliphatic rings. The van der Waals surface area contributed by atoms with Crippen molar-refractivity contribution in [2.24, 2.45) is 22.7 Å². The number of aldehydes is 1. The highest BCUT2D eigenvalue weighted by Gasteiger charge is 2.30. The Morgan fingerprint density at radius 1 is 0.516 bits per heavy atom. The summed E-state index contributed by atoms with van der Waals surface area (Å²) in [7, 11) is 4.35. The molecule has 380 valence electrons. The summed E-state index contributed by atoms with van der Waals surface area (Å²) >= 11 is 0. The molecule has 0 atom stereocenters. The number of rotatable bonds is 42. The first-order valence-corrected chi connectivity index (χ1v) is 27.6. The molecule has 8 heteroatoms. The summed E-state index contributed by atoms with van der Waals surface area (Å²) in [6.45, 7) is 25.7. The minimum atomic E-state index is -0.390. The third-order valence-electron chi connectivity index (χ3n) is 14.1. The van der Waals surface area contributed by atoms with Gasteiger partial charge in [-0.3, -0.25) is 14.5 Å². The number of esters is 2. The Labute approximate surface area is 399 Å². The maximum Gasteiger partial charge on any atom is 0.311 e. The number of carbonyl (C=O) groups excluding carboxylic acids is 3. The van der Waals surface area contributed by atoms with E-state index in [1.165, 1.54) is 154 Å². The molecule has 0 N–H and O–H groups in total. The summed E-state index contributed by atoms with van der Waals surface area (Å²) in [6.07, 6.45) is 37.8. The number of carbonyl (C=O) groups is 3. The first kappa shape index (κ1) is 62.5. The molecule has 0 aliphatic carbocycles. The SMILES string of the molecule is CCCCCC(CCCCC)CCCOC(=O)C(C)(C)CCCCCCN(C)CCCCCCC(C)(C)C(=O)OCCCC(CCCCC)CCCCC.CN1CCN(CC=O)CC1. The molecular formula is C56H111N3O5. The van der Waals surface area contributed by atoms with Gasteiger partial charge in [-0.2, -0.15) is 0 Å². The van der Waals surface area contributed by atoms with Crippen molar-refractivity contribution in [3.63, 3.8) is 0 Å². The van der Waals surface area contributed by atoms with Crippen LogP contribution in [-0.2, 0) is 23.9 Å². The van der Waals surface area contributed by atoms with E-state index in [4.69, 9.17) is 9.47 Å². The zero-order chi connectivity index (χ0) is 47.7. The first-order valence-electron chi connectivity index (χ1n) is 27.6. The molecule has 1 fully saturated rings. The Kier molecular flexibility index (Phi) is 40.7. The molecule has 0 spiro atoms. The number of hydrogen-bond acceptors (Lipinski definition) is 8. The van der Waals surface area contributed by atoms with E-state index in [0.717, 1.165) is 95.9 Å². The summed E-state index contributed by atoms with van der Waals surface area (Å²) in [5.41, 5.74) is -0.780. The summed E-state index contributed by atoms with van der Waals surface area (Å²) in [6, 6.07) is 0. The fourth-order valence-corrected chi connectivity index (χ4v) is 9.12. The fraction of sp³-hybridized carbons (Fsp3) is 0.946. The van der Waals surface area contributed by atoms with Crippen molar-refractivity contribution >= 4 is 18.2 Å². The van der Waals surface area contributed by atoms with Gasteiger partial charge in [0, 0.05) is 26.2 Å². The number of piperazine rings is 1. The van der Waals surface area contributed by atoms with E-state index in [1.54, 1.807) is 0 Å². The molecule has 1 heterocycles. The van der Waals surface area contributed by atoms with Gasteiger partial charge < -0.3 is 24.1 Å². The summed E-state index contributed by atoms with van der Waals surface area (Å²) in [5.74, 6) is 1.58. The molecule has 1 aliphatic heterocycles. The molecule has 64 heavy (non-hydrogen) atoms. The average molecular weight is 907 g/mol. The Bertz CT molecular complexity index is 987. The van der Waals surface area contributed by atoms with Gasteiger partial charge in [0.2, 0.25) is 0 Å². The molecule has 0 radical (unpaired) electrons. The highest BCUT2D eigenvalue weighted by molar-refractivity contribution is 5.76. The van der Waals surface area contributed by atoms with Crippen molar-refractivity contribution in [2.75, 3.05) is 73.1 Å². The van der Waals surface area contributed by atoms with Gasteiger partial charge >= 0.3 is 11.9 Å². The van der Waals surface area contributed by atoms with Crippen LogP contribution in [-0.4, -0.2) is 106 Å². The third-order valence-corrected chi connectivity index (χ3v) is 14.1. The van der Waals surface area contributed by atoms with Crippen LogP contribution in [0.1, 0.15) is 248 Å². The van der Waals surface area contributed by atoms with Crippen molar-refractivity contribution < 1.29 is 23.9 Å². The van der Waals surface area contributed by atoms with Crippen molar-refractivity contribution in [1.29, 1.82) is 0 Å². The topological polar surface area (TPSA) is 79.4 Å². The summed E-state index contributed by atoms with van der Waals surface area (Å²) < 4.78 is 11.6. The lowest BCUT2D eigenvalue weighted by Crippen LogP contribution is -2.44. The monoisotopic (exact) mass is 906 g/mol. The molecule has 0 aromatic rings. The number of nitrogens with zero attached hydrogens (tertiary/aromatic N) is 3. The number of hydrogen-bond donors (Lipinski definition) is 0. The van der Waals surface area contributed by atoms with Crippen molar-refractivity contribution in [1.82, 2.24) is 14.7 Å². The minimum Gasteiger partial charge on any atom is -0.465 e. The minimum absolute atomic E-state index is 0.0101. The van der Waals surface area contributed by atoms with E-state index in [-0.39, 0.29) is 11.9 Å². The fourth-order valence-electron chi connectivity index (χ4n) is 9.12. The van der Waals surface area contributed by atoms with E-state index < -0.39 is 10.8 Å². The molecule has 8 nitrogen and oxygen atoms in total. The smallest absolute Gasteiger partial charge is 0.311 e. The van der Waals surface area contributed by atoms with Gasteiger partial charge in [0.25, 0.3) is 0 Å². The van der Waals surface area contributed by atoms with E-state index in [0.29, 0.717) is 19.8 Å². The largest absolute Gasteiger partial charge is 0.465 e. The second-order valence-corrected chi connectivity index (χ2v) is 21.4. The quantitative estimate of drug-likeness (QED) is 0.0340. The van der Waals surface area contributed by atoms with Gasteiger partial charge in [0.15, 0.2) is 0 Å². The van der Waals surface area contributed by atoms with Crippen LogP contribution in [0.2, 0.25) is 0 Å². The molecule has 0 amide bonds. The van der Waals surface area contributed by atoms with Gasteiger partial charge in [0.1, 0.15) is 6.29 Å². The lowest BCUT2D eigenvalue weighted by Gasteiger charge is -2.30. The van der Waals surface area contributed by atoms with Crippen LogP contribution in [0.25, 0.3) is 0 Å². The van der Waals surface area contributed by atoms with Crippen LogP contribution < -0.4 is 0 Å². The van der Waals surface area contributed by atoms with Crippen LogP contribution in [0.15, 0.2) is 0 Å². The van der Waals surface area contributed by atoms with Crippen molar-refractivity contribution in [2.45, 2.75) is 248 Å². The highest BCUT2D eigenvalue weighted by atomic mass is 16.5. The second-order valence-electron chi connectivity index (χ2n) is 21.4. The standard InChI is InChI=1S/C49H97NO4.C7H14N2O/c1-10-14-22-32-44(33-23-15-11-2)36-30-42-53-46(51)48(5,6)38-26-18-20-28-40-50(9)41-29-21-19-27-39-49(7,8)47(52)54-43-31-37-45(34-24-16-12-3)35-25-17-13-4;1-8-2-4-9(5-3-8)6-7-10/h44-45H,10-43H2,1-9H3;7H,2-6H2,1H3. The first-order chi connectivity index (χ1) is 30.8. The van der Waals surface area contributed by atoms with E-state index in [1.807, 2.05) is 0 Å². The molecular weight excluding hydrogens is 795 g/mol. The third kappa shape index (κ3) is 35.7. The number of ether oxygens (including phenoxy) is 2. The Hall–Kier alpha value is -1.51. The van der Waals surface area contributed by atoms with E-state index in [2.05, 4.69) is 84.2 Å². The second kappa shape index (κ2) is 41.7. The molecule has 0 aromatic carbocycles. The van der Waals surface area contributed by atoms with Gasteiger partial charge in [-0.05, 0) is 118 Å². The highest BCUT2D eigenvalue weighted by Crippen LogP contribution is 2.29. The molecule has 0 aromatic heterocycles. The lowest BCUT2D eigenvalue weighted by atomic mass is 9.87. The van der Waals surface area contributed by atoms with Crippen LogP contribution in [0.5, 0.6) is 0 Å². The molecule has 0 bridgehead atoms. The van der Waals surface area contributed by atoms with Crippen LogP contribution in [0, 0.1) is 22.7 Å². The average Bonchev–Trinajstić information content (AvgIpc) is 3.27. The van der Waals surface area contributed by atoms with Gasteiger partial charge in [0.05, 0.1) is 30.6 Å².